The predicted octanol–water partition coefficient (Wildman–Crippen LogP) is 3.76. The minimum atomic E-state index is -0.208. The number of nitrogens with one attached hydrogen (secondary N) is 1. The molecule has 36 heavy (non-hydrogen) atoms. The molecule has 2 fully saturated rings. The van der Waals surface area contributed by atoms with Gasteiger partial charge in [0.05, 0.1) is 7.11 Å². The van der Waals surface area contributed by atoms with E-state index in [-0.39, 0.29) is 12.0 Å². The molecule has 2 aliphatic rings. The summed E-state index contributed by atoms with van der Waals surface area (Å²) in [4.78, 5) is 25.8. The molecule has 1 amide bonds. The molecule has 0 saturated carbocycles. The number of hydrogen-bond acceptors (Lipinski definition) is 7. The highest BCUT2D eigenvalue weighted by Crippen LogP contribution is 2.22. The highest BCUT2D eigenvalue weighted by Gasteiger charge is 2.30. The number of carbonyl (C=O) groups is 1. The number of ether oxygens (including phenoxy) is 2. The summed E-state index contributed by atoms with van der Waals surface area (Å²) in [6.07, 6.45) is 6.27. The van der Waals surface area contributed by atoms with Crippen molar-refractivity contribution < 1.29 is 14.3 Å². The number of carbonyl (C=O) groups excluding carboxylic acids is 1. The Balaban J connectivity index is 1.07. The maximum absolute atomic E-state index is 12.5. The van der Waals surface area contributed by atoms with Crippen LogP contribution in [-0.4, -0.2) is 78.2 Å². The van der Waals surface area contributed by atoms with E-state index in [1.807, 2.05) is 41.6 Å². The van der Waals surface area contributed by atoms with Crippen LogP contribution in [0.1, 0.15) is 18.4 Å². The SMILES string of the molecule is COc1ccc(-c2cnc(Nc3ccc(CCN4CCN(C(=O)C5CCCO5)CC4)cc3)nc2)cc1. The zero-order valence-corrected chi connectivity index (χ0v) is 20.7. The summed E-state index contributed by atoms with van der Waals surface area (Å²) in [7, 11) is 1.66. The standard InChI is InChI=1S/C28H33N5O3/c1-35-25-10-6-22(7-11-25)23-19-29-28(30-20-23)31-24-8-4-21(5-9-24)12-13-32-14-16-33(17-15-32)27(34)26-3-2-18-36-26/h4-11,19-20,26H,2-3,12-18H2,1H3,(H,29,30,31). The molecule has 0 spiro atoms. The molecule has 1 unspecified atom stereocenters. The maximum atomic E-state index is 12.5. The summed E-state index contributed by atoms with van der Waals surface area (Å²) < 4.78 is 10.8. The summed E-state index contributed by atoms with van der Waals surface area (Å²) >= 11 is 0. The monoisotopic (exact) mass is 487 g/mol. The minimum Gasteiger partial charge on any atom is -0.497 e. The second-order valence-corrected chi connectivity index (χ2v) is 9.26. The fourth-order valence-electron chi connectivity index (χ4n) is 4.66. The highest BCUT2D eigenvalue weighted by molar-refractivity contribution is 5.81. The molecule has 188 valence electrons. The van der Waals surface area contributed by atoms with E-state index in [0.717, 1.165) is 74.6 Å². The fraction of sp³-hybridized carbons (Fsp3) is 0.393. The Morgan fingerprint density at radius 1 is 1.00 bits per heavy atom. The van der Waals surface area contributed by atoms with E-state index in [0.29, 0.717) is 12.6 Å². The molecule has 3 heterocycles. The number of piperazine rings is 1. The number of benzene rings is 2. The summed E-state index contributed by atoms with van der Waals surface area (Å²) in [6.45, 7) is 5.13. The van der Waals surface area contributed by atoms with Crippen molar-refractivity contribution in [2.75, 3.05) is 51.8 Å². The average Bonchev–Trinajstić information content (AvgIpc) is 3.48. The van der Waals surface area contributed by atoms with Gasteiger partial charge in [-0.1, -0.05) is 24.3 Å². The molecule has 8 heteroatoms. The summed E-state index contributed by atoms with van der Waals surface area (Å²) in [5, 5.41) is 3.27. The molecule has 1 aromatic heterocycles. The van der Waals surface area contributed by atoms with Gasteiger partial charge in [-0.15, -0.1) is 0 Å². The van der Waals surface area contributed by atoms with E-state index in [2.05, 4.69) is 44.5 Å². The number of anilines is 2. The Kier molecular flexibility index (Phi) is 7.73. The third-order valence-electron chi connectivity index (χ3n) is 6.89. The van der Waals surface area contributed by atoms with Gasteiger partial charge in [0.2, 0.25) is 5.95 Å². The van der Waals surface area contributed by atoms with Gasteiger partial charge in [-0.05, 0) is 54.7 Å². The molecule has 8 nitrogen and oxygen atoms in total. The van der Waals surface area contributed by atoms with Crippen LogP contribution in [0.5, 0.6) is 5.75 Å². The lowest BCUT2D eigenvalue weighted by Crippen LogP contribution is -2.51. The smallest absolute Gasteiger partial charge is 0.251 e. The topological polar surface area (TPSA) is 79.8 Å². The zero-order valence-electron chi connectivity index (χ0n) is 20.7. The van der Waals surface area contributed by atoms with Crippen LogP contribution in [0.25, 0.3) is 11.1 Å². The van der Waals surface area contributed by atoms with Crippen LogP contribution in [0, 0.1) is 0 Å². The van der Waals surface area contributed by atoms with Crippen molar-refractivity contribution in [3.05, 3.63) is 66.5 Å². The molecule has 2 aliphatic heterocycles. The predicted molar refractivity (Wildman–Crippen MR) is 139 cm³/mol. The van der Waals surface area contributed by atoms with Crippen molar-refractivity contribution >= 4 is 17.5 Å². The summed E-state index contributed by atoms with van der Waals surface area (Å²) in [5.74, 6) is 1.57. The fourth-order valence-corrected chi connectivity index (χ4v) is 4.66. The Bertz CT molecular complexity index is 1120. The molecule has 2 saturated heterocycles. The van der Waals surface area contributed by atoms with Crippen molar-refractivity contribution in [1.82, 2.24) is 19.8 Å². The molecular weight excluding hydrogens is 454 g/mol. The number of amides is 1. The number of hydrogen-bond donors (Lipinski definition) is 1. The van der Waals surface area contributed by atoms with Crippen LogP contribution in [-0.2, 0) is 16.0 Å². The van der Waals surface area contributed by atoms with Crippen LogP contribution in [0.4, 0.5) is 11.6 Å². The molecule has 5 rings (SSSR count). The highest BCUT2D eigenvalue weighted by atomic mass is 16.5. The second kappa shape index (κ2) is 11.5. The van der Waals surface area contributed by atoms with E-state index < -0.39 is 0 Å². The van der Waals surface area contributed by atoms with Gasteiger partial charge in [0, 0.05) is 63.0 Å². The third-order valence-corrected chi connectivity index (χ3v) is 6.89. The van der Waals surface area contributed by atoms with Crippen LogP contribution >= 0.6 is 0 Å². The van der Waals surface area contributed by atoms with E-state index in [1.54, 1.807) is 7.11 Å². The van der Waals surface area contributed by atoms with E-state index in [9.17, 15) is 4.79 Å². The number of methoxy groups -OCH3 is 1. The van der Waals surface area contributed by atoms with Crippen LogP contribution in [0.2, 0.25) is 0 Å². The molecule has 0 bridgehead atoms. The van der Waals surface area contributed by atoms with Crippen molar-refractivity contribution in [3.63, 3.8) is 0 Å². The lowest BCUT2D eigenvalue weighted by Gasteiger charge is -2.35. The first kappa shape index (κ1) is 24.2. The Morgan fingerprint density at radius 2 is 1.72 bits per heavy atom. The van der Waals surface area contributed by atoms with Gasteiger partial charge in [0.1, 0.15) is 11.9 Å². The van der Waals surface area contributed by atoms with E-state index in [4.69, 9.17) is 9.47 Å². The van der Waals surface area contributed by atoms with Gasteiger partial charge in [0.25, 0.3) is 5.91 Å². The van der Waals surface area contributed by atoms with Gasteiger partial charge in [-0.2, -0.15) is 0 Å². The molecule has 1 atom stereocenters. The van der Waals surface area contributed by atoms with Gasteiger partial charge >= 0.3 is 0 Å². The Hall–Kier alpha value is -3.49. The van der Waals surface area contributed by atoms with Crippen molar-refractivity contribution in [2.24, 2.45) is 0 Å². The maximum Gasteiger partial charge on any atom is 0.251 e. The number of aromatic nitrogens is 2. The molecule has 3 aromatic rings. The Labute approximate surface area is 212 Å². The zero-order chi connectivity index (χ0) is 24.7. The lowest BCUT2D eigenvalue weighted by molar-refractivity contribution is -0.142. The van der Waals surface area contributed by atoms with Gasteiger partial charge in [0.15, 0.2) is 0 Å². The third kappa shape index (κ3) is 6.01. The van der Waals surface area contributed by atoms with Gasteiger partial charge in [-0.3, -0.25) is 9.69 Å². The quantitative estimate of drug-likeness (QED) is 0.518. The normalized spacial score (nSPS) is 18.2. The molecule has 0 radical (unpaired) electrons. The second-order valence-electron chi connectivity index (χ2n) is 9.26. The first-order valence-corrected chi connectivity index (χ1v) is 12.6. The minimum absolute atomic E-state index is 0.176. The molecule has 0 aliphatic carbocycles. The van der Waals surface area contributed by atoms with Crippen LogP contribution in [0.3, 0.4) is 0 Å². The average molecular weight is 488 g/mol. The van der Waals surface area contributed by atoms with Crippen LogP contribution in [0.15, 0.2) is 60.9 Å². The number of nitrogens with zero attached hydrogens (tertiary/aromatic N) is 4. The Morgan fingerprint density at radius 3 is 2.36 bits per heavy atom. The summed E-state index contributed by atoms with van der Waals surface area (Å²) in [6, 6.07) is 16.3. The van der Waals surface area contributed by atoms with Crippen molar-refractivity contribution in [2.45, 2.75) is 25.4 Å². The first-order valence-electron chi connectivity index (χ1n) is 12.6. The van der Waals surface area contributed by atoms with Gasteiger partial charge < -0.3 is 19.7 Å². The van der Waals surface area contributed by atoms with E-state index in [1.165, 1.54) is 5.56 Å². The summed E-state index contributed by atoms with van der Waals surface area (Å²) in [5.41, 5.74) is 4.24. The first-order chi connectivity index (χ1) is 17.7. The molecule has 1 N–H and O–H groups in total. The number of rotatable bonds is 8. The van der Waals surface area contributed by atoms with Crippen molar-refractivity contribution in [1.29, 1.82) is 0 Å². The van der Waals surface area contributed by atoms with Crippen LogP contribution < -0.4 is 10.1 Å². The molecule has 2 aromatic carbocycles. The van der Waals surface area contributed by atoms with Gasteiger partial charge in [-0.25, -0.2) is 9.97 Å². The molecular formula is C28H33N5O3. The lowest BCUT2D eigenvalue weighted by atomic mass is 10.1. The van der Waals surface area contributed by atoms with E-state index >= 15 is 0 Å². The largest absolute Gasteiger partial charge is 0.497 e. The van der Waals surface area contributed by atoms with Crippen molar-refractivity contribution in [3.8, 4) is 16.9 Å².